The minimum atomic E-state index is -5.39. The van der Waals surface area contributed by atoms with E-state index in [2.05, 4.69) is 83.1 Å². The van der Waals surface area contributed by atoms with Crippen molar-refractivity contribution in [3.8, 4) is 0 Å². The van der Waals surface area contributed by atoms with E-state index in [0.29, 0.717) is 0 Å². The van der Waals surface area contributed by atoms with Gasteiger partial charge in [-0.15, -0.1) is 0 Å². The molecule has 0 rings (SSSR count). The summed E-state index contributed by atoms with van der Waals surface area (Å²) in [5.74, 6) is 0. The molecular weight excluding hydrogens is 742 g/mol. The fraction of sp³-hybridized carbons (Fsp3) is 1.00. The predicted octanol–water partition coefficient (Wildman–Crippen LogP) is 11.8. The Hall–Kier alpha value is -0.0500. The van der Waals surface area contributed by atoms with Crippen LogP contribution in [0, 0.1) is 0 Å². The first-order valence-corrected chi connectivity index (χ1v) is 26.9. The number of aliphatic hydroxyl groups is 1. The third-order valence-corrected chi connectivity index (χ3v) is 11.8. The second-order valence-corrected chi connectivity index (χ2v) is 18.3. The molecule has 0 atom stereocenters. The Kier molecular flexibility index (Phi) is 57.3. The summed E-state index contributed by atoms with van der Waals surface area (Å²) in [6.45, 7) is 45.1. The predicted molar refractivity (Wildman–Crippen MR) is 254 cm³/mol. The zero-order valence-electron chi connectivity index (χ0n) is 42.3. The number of phosphoric acid groups is 1. The summed E-state index contributed by atoms with van der Waals surface area (Å²) >= 11 is 0. The van der Waals surface area contributed by atoms with E-state index in [1.807, 2.05) is 0 Å². The van der Waals surface area contributed by atoms with E-state index in [1.165, 1.54) is 246 Å². The Labute approximate surface area is 367 Å². The molecule has 0 aromatic heterocycles. The van der Waals surface area contributed by atoms with Crippen LogP contribution in [-0.4, -0.2) is 104 Å². The first-order chi connectivity index (χ1) is 27.7. The highest BCUT2D eigenvalue weighted by atomic mass is 31.2. The highest BCUT2D eigenvalue weighted by Crippen LogP contribution is 2.19. The van der Waals surface area contributed by atoms with Gasteiger partial charge < -0.3 is 37.8 Å². The van der Waals surface area contributed by atoms with Crippen molar-refractivity contribution in [2.45, 2.75) is 237 Å². The fourth-order valence-electron chi connectivity index (χ4n) is 7.93. The number of rotatable bonds is 36. The van der Waals surface area contributed by atoms with E-state index in [1.54, 1.807) is 0 Å². The maximum Gasteiger partial charge on any atom is 0.0786 e. The van der Waals surface area contributed by atoms with Crippen molar-refractivity contribution < 1.29 is 37.8 Å². The van der Waals surface area contributed by atoms with Crippen LogP contribution in [-0.2, 0) is 4.57 Å². The van der Waals surface area contributed by atoms with Crippen molar-refractivity contribution in [3.63, 3.8) is 0 Å². The molecular formula is C49H112N3O5P. The molecule has 0 amide bonds. The Morgan fingerprint density at radius 3 is 0.397 bits per heavy atom. The van der Waals surface area contributed by atoms with Gasteiger partial charge in [-0.1, -0.05) is 160 Å². The SMILES string of the molecule is CCCC[N+](CCCC)(CCCC)CCCC.CCCC[N+](CCCC)(CCCC)CCCC.CCCC[N+](CCCC)(CCCC)CCCC.CO.O=P([O-])([O-])[O-]. The molecule has 0 bridgehead atoms. The Balaban J connectivity index is -0.000000223. The van der Waals surface area contributed by atoms with Gasteiger partial charge in [0.25, 0.3) is 0 Å². The first kappa shape index (κ1) is 67.0. The van der Waals surface area contributed by atoms with Gasteiger partial charge in [-0.25, -0.2) is 0 Å². The standard InChI is InChI=1S/3C16H36N.CH4O.H3O4P/c3*1-5-9-13-17(14-10-6-2,15-11-7-3)16-12-8-4;1-2;1-5(2,3)4/h3*5-16H2,1-4H3;2H,1H3;(H3,1,2,3,4)/q3*+1;;/p-3. The molecule has 8 nitrogen and oxygen atoms in total. The Morgan fingerprint density at radius 1 is 0.276 bits per heavy atom. The van der Waals surface area contributed by atoms with Gasteiger partial charge in [0.1, 0.15) is 0 Å². The first-order valence-electron chi connectivity index (χ1n) is 25.5. The molecule has 1 N–H and O–H groups in total. The number of nitrogens with zero attached hydrogens (tertiary/aromatic N) is 3. The average molecular weight is 854 g/mol. The minimum absolute atomic E-state index is 1.00. The van der Waals surface area contributed by atoms with E-state index in [0.717, 1.165) is 7.11 Å². The van der Waals surface area contributed by atoms with Crippen LogP contribution in [0.4, 0.5) is 0 Å². The van der Waals surface area contributed by atoms with Crippen molar-refractivity contribution in [2.75, 3.05) is 85.6 Å². The van der Waals surface area contributed by atoms with Crippen molar-refractivity contribution in [3.05, 3.63) is 0 Å². The molecule has 0 spiro atoms. The normalized spacial score (nSPS) is 11.7. The van der Waals surface area contributed by atoms with Crippen LogP contribution in [0.5, 0.6) is 0 Å². The summed E-state index contributed by atoms with van der Waals surface area (Å²) in [5, 5.41) is 7.00. The number of unbranched alkanes of at least 4 members (excludes halogenated alkanes) is 12. The average Bonchev–Trinajstić information content (AvgIpc) is 3.22. The zero-order chi connectivity index (χ0) is 45.5. The quantitative estimate of drug-likeness (QED) is 0.0499. The lowest BCUT2D eigenvalue weighted by atomic mass is 10.1. The van der Waals surface area contributed by atoms with Crippen molar-refractivity contribution in [1.29, 1.82) is 0 Å². The summed E-state index contributed by atoms with van der Waals surface area (Å²) in [7, 11) is -4.39. The Morgan fingerprint density at radius 2 is 0.345 bits per heavy atom. The molecule has 0 heterocycles. The number of hydrogen-bond donors (Lipinski definition) is 1. The van der Waals surface area contributed by atoms with E-state index >= 15 is 0 Å². The molecule has 0 unspecified atom stereocenters. The summed E-state index contributed by atoms with van der Waals surface area (Å²) in [6, 6.07) is 0. The molecule has 0 aliphatic heterocycles. The van der Waals surface area contributed by atoms with Crippen LogP contribution in [0.1, 0.15) is 237 Å². The lowest BCUT2D eigenvalue weighted by Gasteiger charge is -2.39. The topological polar surface area (TPSA) is 106 Å². The van der Waals surface area contributed by atoms with E-state index in [-0.39, 0.29) is 0 Å². The van der Waals surface area contributed by atoms with Crippen LogP contribution in [0.3, 0.4) is 0 Å². The van der Waals surface area contributed by atoms with Crippen LogP contribution >= 0.6 is 7.82 Å². The third-order valence-electron chi connectivity index (χ3n) is 11.8. The van der Waals surface area contributed by atoms with Gasteiger partial charge in [-0.2, -0.15) is 7.82 Å². The molecule has 358 valence electrons. The highest BCUT2D eigenvalue weighted by molar-refractivity contribution is 7.40. The smallest absolute Gasteiger partial charge is 0.0786 e. The molecule has 0 aromatic carbocycles. The Bertz CT molecular complexity index is 592. The molecule has 0 saturated carbocycles. The molecule has 0 aromatic rings. The number of quaternary nitrogens is 3. The largest absolute Gasteiger partial charge is 0.822 e. The molecule has 9 heteroatoms. The molecule has 0 aliphatic carbocycles. The van der Waals surface area contributed by atoms with Gasteiger partial charge in [-0.05, 0) is 77.0 Å². The van der Waals surface area contributed by atoms with Gasteiger partial charge in [-0.3, -0.25) is 0 Å². The maximum absolute atomic E-state index is 8.55. The minimum Gasteiger partial charge on any atom is -0.822 e. The lowest BCUT2D eigenvalue weighted by molar-refractivity contribution is -0.929. The van der Waals surface area contributed by atoms with Crippen LogP contribution in [0.25, 0.3) is 0 Å². The molecule has 58 heavy (non-hydrogen) atoms. The van der Waals surface area contributed by atoms with E-state index in [9.17, 15) is 0 Å². The molecule has 0 radical (unpaired) electrons. The van der Waals surface area contributed by atoms with Gasteiger partial charge in [0.2, 0.25) is 0 Å². The number of aliphatic hydroxyl groups excluding tert-OH is 1. The highest BCUT2D eigenvalue weighted by Gasteiger charge is 2.26. The van der Waals surface area contributed by atoms with Gasteiger partial charge in [0, 0.05) is 7.11 Å². The summed E-state index contributed by atoms with van der Waals surface area (Å²) in [6.07, 6.45) is 33.2. The van der Waals surface area contributed by atoms with Crippen LogP contribution < -0.4 is 14.7 Å². The van der Waals surface area contributed by atoms with Crippen LogP contribution in [0.15, 0.2) is 0 Å². The van der Waals surface area contributed by atoms with Gasteiger partial charge >= 0.3 is 0 Å². The second-order valence-electron chi connectivity index (χ2n) is 17.4. The van der Waals surface area contributed by atoms with E-state index < -0.39 is 7.82 Å². The second kappa shape index (κ2) is 49.6. The van der Waals surface area contributed by atoms with Gasteiger partial charge in [0.15, 0.2) is 0 Å². The summed E-state index contributed by atoms with van der Waals surface area (Å²) in [5.41, 5.74) is 0. The van der Waals surface area contributed by atoms with E-state index in [4.69, 9.17) is 24.4 Å². The van der Waals surface area contributed by atoms with Crippen molar-refractivity contribution in [1.82, 2.24) is 0 Å². The molecule has 0 saturated heterocycles. The fourth-order valence-corrected chi connectivity index (χ4v) is 7.93. The van der Waals surface area contributed by atoms with Crippen molar-refractivity contribution >= 4 is 7.82 Å². The zero-order valence-corrected chi connectivity index (χ0v) is 43.2. The molecule has 0 aliphatic rings. The van der Waals surface area contributed by atoms with Gasteiger partial charge in [0.05, 0.1) is 78.5 Å². The van der Waals surface area contributed by atoms with Crippen molar-refractivity contribution in [2.24, 2.45) is 0 Å². The number of hydrogen-bond acceptors (Lipinski definition) is 5. The summed E-state index contributed by atoms with van der Waals surface area (Å²) in [4.78, 5) is 25.6. The maximum atomic E-state index is 8.55. The molecule has 0 fully saturated rings. The monoisotopic (exact) mass is 854 g/mol. The summed E-state index contributed by atoms with van der Waals surface area (Å²) < 4.78 is 12.8. The third kappa shape index (κ3) is 47.0. The lowest BCUT2D eigenvalue weighted by Crippen LogP contribution is -2.50. The van der Waals surface area contributed by atoms with Crippen LogP contribution in [0.2, 0.25) is 0 Å².